The Hall–Kier alpha value is -1.84. The van der Waals surface area contributed by atoms with Crippen molar-refractivity contribution in [3.05, 3.63) is 35.3 Å². The molecule has 3 heterocycles. The summed E-state index contributed by atoms with van der Waals surface area (Å²) in [6.07, 6.45) is 2.90. The van der Waals surface area contributed by atoms with Gasteiger partial charge in [0.05, 0.1) is 17.9 Å². The van der Waals surface area contributed by atoms with Gasteiger partial charge in [0.25, 0.3) is 0 Å². The highest BCUT2D eigenvalue weighted by atomic mass is 16.2. The van der Waals surface area contributed by atoms with Gasteiger partial charge in [-0.1, -0.05) is 0 Å². The SMILES string of the molecule is CC(=O)N1CCc2nc3cc(C)ccn3c2C1. The lowest BCUT2D eigenvalue weighted by atomic mass is 10.1. The van der Waals surface area contributed by atoms with Crippen molar-refractivity contribution in [1.82, 2.24) is 14.3 Å². The number of hydrogen-bond acceptors (Lipinski definition) is 2. The number of fused-ring (bicyclic) bond motifs is 3. The smallest absolute Gasteiger partial charge is 0.219 e. The molecule has 88 valence electrons. The number of hydrogen-bond donors (Lipinski definition) is 0. The topological polar surface area (TPSA) is 37.6 Å². The molecule has 0 aliphatic carbocycles. The highest BCUT2D eigenvalue weighted by molar-refractivity contribution is 5.73. The van der Waals surface area contributed by atoms with E-state index in [-0.39, 0.29) is 5.91 Å². The van der Waals surface area contributed by atoms with E-state index in [1.54, 1.807) is 6.92 Å². The van der Waals surface area contributed by atoms with Crippen molar-refractivity contribution in [2.75, 3.05) is 6.54 Å². The molecule has 0 unspecified atom stereocenters. The quantitative estimate of drug-likeness (QED) is 0.687. The van der Waals surface area contributed by atoms with Crippen LogP contribution in [0.25, 0.3) is 5.65 Å². The van der Waals surface area contributed by atoms with Crippen LogP contribution in [0, 0.1) is 6.92 Å². The molecule has 0 bridgehead atoms. The molecule has 0 fully saturated rings. The van der Waals surface area contributed by atoms with Gasteiger partial charge in [-0.2, -0.15) is 0 Å². The van der Waals surface area contributed by atoms with Gasteiger partial charge in [-0.3, -0.25) is 4.79 Å². The van der Waals surface area contributed by atoms with Gasteiger partial charge in [-0.05, 0) is 24.6 Å². The van der Waals surface area contributed by atoms with E-state index < -0.39 is 0 Å². The van der Waals surface area contributed by atoms with Crippen molar-refractivity contribution in [2.45, 2.75) is 26.8 Å². The number of carbonyl (C=O) groups excluding carboxylic acids is 1. The molecule has 0 spiro atoms. The minimum atomic E-state index is 0.137. The third kappa shape index (κ3) is 1.60. The summed E-state index contributed by atoms with van der Waals surface area (Å²) >= 11 is 0. The summed E-state index contributed by atoms with van der Waals surface area (Å²) in [5, 5.41) is 0. The molecule has 3 rings (SSSR count). The van der Waals surface area contributed by atoms with E-state index >= 15 is 0 Å². The van der Waals surface area contributed by atoms with Crippen molar-refractivity contribution in [3.63, 3.8) is 0 Å². The molecule has 4 nitrogen and oxygen atoms in total. The van der Waals surface area contributed by atoms with E-state index in [0.29, 0.717) is 6.54 Å². The molecule has 0 N–H and O–H groups in total. The summed E-state index contributed by atoms with van der Waals surface area (Å²) in [6.45, 7) is 5.15. The molecule has 2 aromatic rings. The predicted molar refractivity (Wildman–Crippen MR) is 64.7 cm³/mol. The number of aromatic nitrogens is 2. The Morgan fingerprint density at radius 3 is 3.06 bits per heavy atom. The summed E-state index contributed by atoms with van der Waals surface area (Å²) in [4.78, 5) is 17.9. The van der Waals surface area contributed by atoms with Crippen LogP contribution in [-0.4, -0.2) is 26.7 Å². The summed E-state index contributed by atoms with van der Waals surface area (Å²) < 4.78 is 2.09. The molecule has 0 radical (unpaired) electrons. The van der Waals surface area contributed by atoms with Gasteiger partial charge in [-0.25, -0.2) is 4.98 Å². The Labute approximate surface area is 99.9 Å². The van der Waals surface area contributed by atoms with Crippen LogP contribution in [0.2, 0.25) is 0 Å². The fourth-order valence-electron chi connectivity index (χ4n) is 2.38. The number of aryl methyl sites for hydroxylation is 1. The number of nitrogens with zero attached hydrogens (tertiary/aromatic N) is 3. The number of rotatable bonds is 0. The van der Waals surface area contributed by atoms with Crippen LogP contribution < -0.4 is 0 Å². The molecule has 0 aromatic carbocycles. The average Bonchev–Trinajstić information content (AvgIpc) is 2.64. The zero-order chi connectivity index (χ0) is 12.0. The minimum Gasteiger partial charge on any atom is -0.337 e. The first-order valence-corrected chi connectivity index (χ1v) is 5.87. The van der Waals surface area contributed by atoms with E-state index in [4.69, 9.17) is 0 Å². The third-order valence-electron chi connectivity index (χ3n) is 3.37. The van der Waals surface area contributed by atoms with E-state index in [2.05, 4.69) is 28.4 Å². The van der Waals surface area contributed by atoms with Gasteiger partial charge in [-0.15, -0.1) is 0 Å². The molecule has 0 saturated heterocycles. The maximum absolute atomic E-state index is 11.4. The van der Waals surface area contributed by atoms with Crippen molar-refractivity contribution in [2.24, 2.45) is 0 Å². The van der Waals surface area contributed by atoms with Gasteiger partial charge < -0.3 is 9.30 Å². The maximum Gasteiger partial charge on any atom is 0.219 e. The van der Waals surface area contributed by atoms with Crippen molar-refractivity contribution >= 4 is 11.6 Å². The number of carbonyl (C=O) groups is 1. The van der Waals surface area contributed by atoms with Crippen LogP contribution >= 0.6 is 0 Å². The monoisotopic (exact) mass is 229 g/mol. The number of amides is 1. The lowest BCUT2D eigenvalue weighted by molar-refractivity contribution is -0.129. The van der Waals surface area contributed by atoms with Gasteiger partial charge in [0.15, 0.2) is 0 Å². The average molecular weight is 229 g/mol. The Morgan fingerprint density at radius 2 is 2.29 bits per heavy atom. The number of pyridine rings is 1. The molecule has 17 heavy (non-hydrogen) atoms. The van der Waals surface area contributed by atoms with Crippen LogP contribution in [0.15, 0.2) is 18.3 Å². The van der Waals surface area contributed by atoms with Crippen LogP contribution in [0.3, 0.4) is 0 Å². The first-order valence-electron chi connectivity index (χ1n) is 5.87. The second kappa shape index (κ2) is 3.58. The first-order chi connectivity index (χ1) is 8.15. The zero-order valence-corrected chi connectivity index (χ0v) is 10.1. The first kappa shape index (κ1) is 10.3. The predicted octanol–water partition coefficient (Wildman–Crippen LogP) is 1.55. The molecule has 4 heteroatoms. The molecular formula is C13H15N3O. The number of imidazole rings is 1. The van der Waals surface area contributed by atoms with E-state index in [9.17, 15) is 4.79 Å². The maximum atomic E-state index is 11.4. The molecule has 1 amide bonds. The van der Waals surface area contributed by atoms with Gasteiger partial charge in [0, 0.05) is 26.1 Å². The Morgan fingerprint density at radius 1 is 1.47 bits per heavy atom. The fourth-order valence-corrected chi connectivity index (χ4v) is 2.38. The molecular weight excluding hydrogens is 214 g/mol. The Kier molecular flexibility index (Phi) is 2.18. The zero-order valence-electron chi connectivity index (χ0n) is 10.1. The highest BCUT2D eigenvalue weighted by Crippen LogP contribution is 2.21. The lowest BCUT2D eigenvalue weighted by Gasteiger charge is -2.25. The standard InChI is InChI=1S/C13H15N3O/c1-9-3-6-16-12-8-15(10(2)17)5-4-11(12)14-13(16)7-9/h3,6-7H,4-5,8H2,1-2H3. The normalized spacial score (nSPS) is 15.1. The van der Waals surface area contributed by atoms with E-state index in [1.165, 1.54) is 5.56 Å². The van der Waals surface area contributed by atoms with Gasteiger partial charge >= 0.3 is 0 Å². The highest BCUT2D eigenvalue weighted by Gasteiger charge is 2.22. The van der Waals surface area contributed by atoms with E-state index in [1.807, 2.05) is 11.1 Å². The molecule has 0 saturated carbocycles. The summed E-state index contributed by atoms with van der Waals surface area (Å²) in [5.74, 6) is 0.137. The molecule has 0 atom stereocenters. The van der Waals surface area contributed by atoms with E-state index in [0.717, 1.165) is 30.0 Å². The second-order valence-corrected chi connectivity index (χ2v) is 4.63. The Balaban J connectivity index is 2.12. The largest absolute Gasteiger partial charge is 0.337 e. The summed E-state index contributed by atoms with van der Waals surface area (Å²) in [7, 11) is 0. The van der Waals surface area contributed by atoms with Crippen LogP contribution in [0.1, 0.15) is 23.9 Å². The van der Waals surface area contributed by atoms with Crippen LogP contribution in [0.5, 0.6) is 0 Å². The lowest BCUT2D eigenvalue weighted by Crippen LogP contribution is -2.34. The van der Waals surface area contributed by atoms with Crippen molar-refractivity contribution < 1.29 is 4.79 Å². The van der Waals surface area contributed by atoms with Crippen molar-refractivity contribution in [3.8, 4) is 0 Å². The van der Waals surface area contributed by atoms with Crippen LogP contribution in [-0.2, 0) is 17.8 Å². The van der Waals surface area contributed by atoms with Gasteiger partial charge in [0.2, 0.25) is 5.91 Å². The second-order valence-electron chi connectivity index (χ2n) is 4.63. The third-order valence-corrected chi connectivity index (χ3v) is 3.37. The minimum absolute atomic E-state index is 0.137. The molecule has 1 aliphatic rings. The fraction of sp³-hybridized carbons (Fsp3) is 0.385. The Bertz CT molecular complexity index is 600. The van der Waals surface area contributed by atoms with Crippen LogP contribution in [0.4, 0.5) is 0 Å². The van der Waals surface area contributed by atoms with Crippen molar-refractivity contribution in [1.29, 1.82) is 0 Å². The summed E-state index contributed by atoms with van der Waals surface area (Å²) in [6, 6.07) is 4.15. The summed E-state index contributed by atoms with van der Waals surface area (Å²) in [5.41, 5.74) is 4.48. The molecule has 2 aromatic heterocycles. The van der Waals surface area contributed by atoms with Gasteiger partial charge in [0.1, 0.15) is 5.65 Å². The molecule has 1 aliphatic heterocycles.